The van der Waals surface area contributed by atoms with Gasteiger partial charge in [-0.25, -0.2) is 4.79 Å². The number of benzene rings is 1. The number of aliphatic imine (C=N–C) groups is 1. The van der Waals surface area contributed by atoms with Crippen LogP contribution in [0.5, 0.6) is 0 Å². The van der Waals surface area contributed by atoms with E-state index in [1.54, 1.807) is 30.3 Å². The first-order valence-electron chi connectivity index (χ1n) is 21.0. The number of nitrogens with two attached hydrogens (primary N) is 5. The van der Waals surface area contributed by atoms with Gasteiger partial charge in [0.05, 0.1) is 32.0 Å². The Morgan fingerprint density at radius 2 is 1.07 bits per heavy atom. The molecule has 0 heterocycles. The van der Waals surface area contributed by atoms with E-state index in [-0.39, 0.29) is 43.3 Å². The zero-order valence-corrected chi connectivity index (χ0v) is 39.2. The number of rotatable bonds is 33. The number of primary amides is 2. The molecule has 0 aliphatic carbocycles. The van der Waals surface area contributed by atoms with E-state index in [1.807, 2.05) is 0 Å². The Morgan fingerprint density at radius 1 is 0.571 bits per heavy atom. The van der Waals surface area contributed by atoms with Crippen LogP contribution >= 0.6 is 25.3 Å². The summed E-state index contributed by atoms with van der Waals surface area (Å²) in [6.45, 7) is -2.10. The molecule has 0 spiro atoms. The zero-order chi connectivity index (χ0) is 53.1. The maximum atomic E-state index is 13.6. The van der Waals surface area contributed by atoms with E-state index in [9.17, 15) is 72.9 Å². The lowest BCUT2D eigenvalue weighted by Crippen LogP contribution is -2.60. The summed E-state index contributed by atoms with van der Waals surface area (Å²) in [7, 11) is 0. The Labute approximate surface area is 410 Å². The van der Waals surface area contributed by atoms with Gasteiger partial charge in [-0.15, -0.1) is 0 Å². The number of amides is 10. The molecule has 29 nitrogen and oxygen atoms in total. The highest BCUT2D eigenvalue weighted by Gasteiger charge is 2.34. The van der Waals surface area contributed by atoms with Crippen molar-refractivity contribution in [3.63, 3.8) is 0 Å². The van der Waals surface area contributed by atoms with Crippen molar-refractivity contribution in [2.24, 2.45) is 33.7 Å². The molecule has 10 amide bonds. The number of nitrogens with one attached hydrogen (secondary N) is 8. The number of hydrogen-bond acceptors (Lipinski definition) is 17. The minimum atomic E-state index is -1.86. The van der Waals surface area contributed by atoms with Gasteiger partial charge in [0.2, 0.25) is 59.1 Å². The summed E-state index contributed by atoms with van der Waals surface area (Å²) >= 11 is 7.80. The molecule has 388 valence electrons. The summed E-state index contributed by atoms with van der Waals surface area (Å²) in [6, 6.07) is -4.64. The molecule has 0 fully saturated rings. The predicted octanol–water partition coefficient (Wildman–Crippen LogP) is -8.33. The maximum Gasteiger partial charge on any atom is 0.327 e. The number of aliphatic hydroxyl groups is 1. The van der Waals surface area contributed by atoms with Crippen molar-refractivity contribution in [3.05, 3.63) is 35.9 Å². The SMILES string of the molecule is NC(=O)CC[C@H](NC(=O)[C@H](CO)NC(=O)CNC(=O)[C@H](CCCN=C(N)N)NC(=O)[C@H](CC(N)=O)NC(=O)[C@H](CC(=O)O)NC(=O)[C@@H](N)CS)C(=O)N[C@@H](Cc1ccccc1)C(=O)N[C@@H](CS)C(=O)O. The Kier molecular flexibility index (Phi) is 27.5. The number of thiol groups is 2. The molecule has 0 aromatic heterocycles. The van der Waals surface area contributed by atoms with Crippen molar-refractivity contribution in [2.75, 3.05) is 31.2 Å². The molecule has 0 unspecified atom stereocenters. The quantitative estimate of drug-likeness (QED) is 0.0135. The van der Waals surface area contributed by atoms with Crippen molar-refractivity contribution in [2.45, 2.75) is 93.3 Å². The van der Waals surface area contributed by atoms with Gasteiger partial charge in [-0.3, -0.25) is 57.7 Å². The van der Waals surface area contributed by atoms with Crippen LogP contribution in [0, 0.1) is 0 Å². The van der Waals surface area contributed by atoms with Gasteiger partial charge in [-0.05, 0) is 24.8 Å². The van der Waals surface area contributed by atoms with Gasteiger partial charge in [-0.1, -0.05) is 30.3 Å². The zero-order valence-electron chi connectivity index (χ0n) is 37.5. The molecule has 1 aromatic carbocycles. The number of aliphatic hydroxyl groups excluding tert-OH is 1. The minimum Gasteiger partial charge on any atom is -0.481 e. The topological polar surface area (TPSA) is 504 Å². The predicted molar refractivity (Wildman–Crippen MR) is 251 cm³/mol. The van der Waals surface area contributed by atoms with Crippen LogP contribution in [0.25, 0.3) is 0 Å². The molecular weight excluding hydrogens is 969 g/mol. The average molecular weight is 1030 g/mol. The van der Waals surface area contributed by atoms with Gasteiger partial charge in [0.25, 0.3) is 0 Å². The largest absolute Gasteiger partial charge is 0.481 e. The lowest BCUT2D eigenvalue weighted by atomic mass is 10.0. The normalized spacial score (nSPS) is 14.1. The molecule has 0 aliphatic rings. The second kappa shape index (κ2) is 31.7. The molecule has 8 atom stereocenters. The van der Waals surface area contributed by atoms with E-state index in [2.05, 4.69) is 72.8 Å². The standard InChI is InChI=1S/C39H60N14O15S2/c40-19(16-69)31(60)50-24(13-30(58)59)36(65)52-23(12-28(42)56)35(64)48-20(7-4-10-45-39(43)44)32(61)46-14-29(57)47-25(15-54)37(66)49-21(8-9-27(41)55)33(62)51-22(11-18-5-2-1-3-6-18)34(63)53-26(17-70)38(67)68/h1-3,5-6,19-26,54,69-70H,4,7-17,40H2,(H2,41,55)(H2,42,56)(H,46,61)(H,47,57)(H,48,64)(H,49,66)(H,50,60)(H,51,62)(H,52,65)(H,53,63)(H,58,59)(H,67,68)(H4,43,44,45)/t19-,20-,21-,22-,23-,24-,25-,26-/m0/s1. The van der Waals surface area contributed by atoms with Gasteiger partial charge < -0.3 is 86.5 Å². The Hall–Kier alpha value is -7.25. The smallest absolute Gasteiger partial charge is 0.327 e. The molecule has 1 rings (SSSR count). The van der Waals surface area contributed by atoms with Crippen molar-refractivity contribution in [1.29, 1.82) is 0 Å². The van der Waals surface area contributed by atoms with Crippen LogP contribution in [-0.4, -0.2) is 172 Å². The van der Waals surface area contributed by atoms with E-state index in [1.165, 1.54) is 0 Å². The number of carboxylic acids is 2. The molecule has 0 saturated carbocycles. The van der Waals surface area contributed by atoms with E-state index in [0.29, 0.717) is 5.56 Å². The van der Waals surface area contributed by atoms with E-state index < -0.39 is 158 Å². The Balaban J connectivity index is 3.26. The lowest BCUT2D eigenvalue weighted by Gasteiger charge is -2.26. The molecule has 31 heteroatoms. The monoisotopic (exact) mass is 1030 g/mol. The fourth-order valence-electron chi connectivity index (χ4n) is 5.82. The molecule has 0 saturated heterocycles. The first-order chi connectivity index (χ1) is 32.9. The van der Waals surface area contributed by atoms with E-state index >= 15 is 0 Å². The maximum absolute atomic E-state index is 13.6. The number of carboxylic acid groups (broad SMARTS) is 2. The van der Waals surface area contributed by atoms with Gasteiger partial charge in [0.15, 0.2) is 5.96 Å². The third kappa shape index (κ3) is 23.7. The Morgan fingerprint density at radius 3 is 1.59 bits per heavy atom. The minimum absolute atomic E-state index is 0.000860. The molecule has 70 heavy (non-hydrogen) atoms. The molecule has 1 aromatic rings. The number of hydrogen-bond donors (Lipinski definition) is 18. The summed E-state index contributed by atoms with van der Waals surface area (Å²) < 4.78 is 0. The third-order valence-electron chi connectivity index (χ3n) is 9.44. The molecule has 0 bridgehead atoms. The number of carbonyl (C=O) groups is 12. The summed E-state index contributed by atoms with van der Waals surface area (Å²) in [5.41, 5.74) is 27.4. The van der Waals surface area contributed by atoms with E-state index in [0.717, 1.165) is 0 Å². The molecular formula is C39H60N14O15S2. The van der Waals surface area contributed by atoms with Crippen LogP contribution in [0.15, 0.2) is 35.3 Å². The first kappa shape index (κ1) is 60.8. The van der Waals surface area contributed by atoms with Gasteiger partial charge in [0, 0.05) is 30.9 Å². The number of nitrogens with zero attached hydrogens (tertiary/aromatic N) is 1. The number of guanidine groups is 1. The summed E-state index contributed by atoms with van der Waals surface area (Å²) in [5, 5.41) is 46.6. The fraction of sp³-hybridized carbons (Fsp3) is 0.513. The Bertz CT molecular complexity index is 2070. The average Bonchev–Trinajstić information content (AvgIpc) is 3.29. The van der Waals surface area contributed by atoms with Crippen LogP contribution in [-0.2, 0) is 64.0 Å². The van der Waals surface area contributed by atoms with Crippen LogP contribution in [0.2, 0.25) is 0 Å². The third-order valence-corrected chi connectivity index (χ3v) is 10.2. The lowest BCUT2D eigenvalue weighted by molar-refractivity contribution is -0.142. The number of aliphatic carboxylic acids is 2. The highest BCUT2D eigenvalue weighted by atomic mass is 32.1. The van der Waals surface area contributed by atoms with Gasteiger partial charge >= 0.3 is 11.9 Å². The highest BCUT2D eigenvalue weighted by molar-refractivity contribution is 7.80. The van der Waals surface area contributed by atoms with Crippen LogP contribution in [0.3, 0.4) is 0 Å². The van der Waals surface area contributed by atoms with Crippen molar-refractivity contribution in [3.8, 4) is 0 Å². The summed E-state index contributed by atoms with van der Waals surface area (Å²) in [5.74, 6) is -14.6. The van der Waals surface area contributed by atoms with Gasteiger partial charge in [-0.2, -0.15) is 25.3 Å². The van der Waals surface area contributed by atoms with Crippen LogP contribution in [0.1, 0.15) is 44.1 Å². The first-order valence-corrected chi connectivity index (χ1v) is 22.3. The van der Waals surface area contributed by atoms with Crippen molar-refractivity contribution in [1.82, 2.24) is 42.5 Å². The number of carbonyl (C=O) groups excluding carboxylic acids is 10. The molecule has 21 N–H and O–H groups in total. The molecule has 0 aliphatic heterocycles. The fourth-order valence-corrected chi connectivity index (χ4v) is 6.23. The van der Waals surface area contributed by atoms with Crippen LogP contribution in [0.4, 0.5) is 0 Å². The van der Waals surface area contributed by atoms with Gasteiger partial charge in [0.1, 0.15) is 42.3 Å². The second-order valence-electron chi connectivity index (χ2n) is 15.1. The highest BCUT2D eigenvalue weighted by Crippen LogP contribution is 2.08. The van der Waals surface area contributed by atoms with E-state index in [4.69, 9.17) is 28.7 Å². The summed E-state index contributed by atoms with van der Waals surface area (Å²) in [6.07, 6.45) is -3.24. The van der Waals surface area contributed by atoms with Crippen LogP contribution < -0.4 is 71.2 Å². The summed E-state index contributed by atoms with van der Waals surface area (Å²) in [4.78, 5) is 156. The second-order valence-corrected chi connectivity index (χ2v) is 15.8. The van der Waals surface area contributed by atoms with Crippen molar-refractivity contribution < 1.29 is 72.9 Å². The molecule has 0 radical (unpaired) electrons. The van der Waals surface area contributed by atoms with Crippen molar-refractivity contribution >= 4 is 102 Å².